The van der Waals surface area contributed by atoms with Gasteiger partial charge in [0, 0.05) is 23.1 Å². The summed E-state index contributed by atoms with van der Waals surface area (Å²) in [5, 5.41) is 6.25. The molecule has 2 amide bonds. The van der Waals surface area contributed by atoms with E-state index in [4.69, 9.17) is 0 Å². The summed E-state index contributed by atoms with van der Waals surface area (Å²) in [7, 11) is 0. The summed E-state index contributed by atoms with van der Waals surface area (Å²) >= 11 is 1.58. The molecule has 0 saturated heterocycles. The van der Waals surface area contributed by atoms with Gasteiger partial charge in [-0.2, -0.15) is 0 Å². The van der Waals surface area contributed by atoms with E-state index in [0.29, 0.717) is 22.3 Å². The van der Waals surface area contributed by atoms with Gasteiger partial charge in [0.25, 0.3) is 5.91 Å². The quantitative estimate of drug-likeness (QED) is 0.834. The van der Waals surface area contributed by atoms with Crippen molar-refractivity contribution >= 4 is 34.0 Å². The molecule has 0 fully saturated rings. The van der Waals surface area contributed by atoms with Crippen molar-refractivity contribution in [3.63, 3.8) is 0 Å². The summed E-state index contributed by atoms with van der Waals surface area (Å²) in [6.07, 6.45) is 3.15. The van der Waals surface area contributed by atoms with Crippen LogP contribution >= 0.6 is 11.3 Å². The van der Waals surface area contributed by atoms with Crippen LogP contribution in [0, 0.1) is 11.3 Å². The Morgan fingerprint density at radius 1 is 1.23 bits per heavy atom. The third kappa shape index (κ3) is 4.30. The molecule has 1 aromatic carbocycles. The second-order valence-electron chi connectivity index (χ2n) is 7.91. The zero-order valence-corrected chi connectivity index (χ0v) is 16.5. The van der Waals surface area contributed by atoms with Crippen molar-refractivity contribution in [3.8, 4) is 0 Å². The first-order valence-electron chi connectivity index (χ1n) is 8.90. The van der Waals surface area contributed by atoms with Gasteiger partial charge in [-0.25, -0.2) is 4.98 Å². The van der Waals surface area contributed by atoms with Crippen LogP contribution in [0.5, 0.6) is 0 Å². The number of fused-ring (bicyclic) bond motifs is 1. The summed E-state index contributed by atoms with van der Waals surface area (Å²) in [5.74, 6) is 0.271. The number of hydrogen-bond acceptors (Lipinski definition) is 4. The number of aryl methyl sites for hydroxylation is 1. The number of carbonyl (C=O) groups is 2. The number of rotatable bonds is 3. The molecule has 2 N–H and O–H groups in total. The molecule has 0 aliphatic heterocycles. The maximum atomic E-state index is 12.5. The van der Waals surface area contributed by atoms with Crippen molar-refractivity contribution < 1.29 is 9.59 Å². The molecule has 1 aliphatic rings. The van der Waals surface area contributed by atoms with Crippen LogP contribution in [-0.2, 0) is 17.6 Å². The lowest BCUT2D eigenvalue weighted by Crippen LogP contribution is -2.26. The van der Waals surface area contributed by atoms with Crippen molar-refractivity contribution in [2.45, 2.75) is 47.0 Å². The third-order valence-electron chi connectivity index (χ3n) is 4.83. The van der Waals surface area contributed by atoms with Crippen molar-refractivity contribution in [1.29, 1.82) is 0 Å². The molecule has 1 aromatic heterocycles. The van der Waals surface area contributed by atoms with E-state index in [-0.39, 0.29) is 17.2 Å². The first-order chi connectivity index (χ1) is 12.2. The van der Waals surface area contributed by atoms with Gasteiger partial charge in [0.2, 0.25) is 5.91 Å². The fourth-order valence-electron chi connectivity index (χ4n) is 3.28. The van der Waals surface area contributed by atoms with E-state index in [9.17, 15) is 9.59 Å². The van der Waals surface area contributed by atoms with Crippen LogP contribution in [0.1, 0.15) is 55.0 Å². The smallest absolute Gasteiger partial charge is 0.257 e. The molecule has 6 heteroatoms. The van der Waals surface area contributed by atoms with Gasteiger partial charge >= 0.3 is 0 Å². The minimum atomic E-state index is -0.212. The van der Waals surface area contributed by atoms with Crippen LogP contribution in [-0.4, -0.2) is 16.8 Å². The predicted octanol–water partition coefficient (Wildman–Crippen LogP) is 4.50. The normalized spacial score (nSPS) is 16.7. The number of nitrogens with zero attached hydrogens (tertiary/aromatic N) is 1. The monoisotopic (exact) mass is 371 g/mol. The van der Waals surface area contributed by atoms with Crippen LogP contribution in [0.15, 0.2) is 24.3 Å². The average molecular weight is 372 g/mol. The number of aromatic nitrogens is 1. The van der Waals surface area contributed by atoms with E-state index in [2.05, 4.69) is 36.4 Å². The predicted molar refractivity (Wildman–Crippen MR) is 106 cm³/mol. The van der Waals surface area contributed by atoms with E-state index in [0.717, 1.165) is 25.0 Å². The second-order valence-corrected chi connectivity index (χ2v) is 8.99. The lowest BCUT2D eigenvalue weighted by atomic mass is 9.73. The van der Waals surface area contributed by atoms with Gasteiger partial charge in [0.05, 0.1) is 5.69 Å². The lowest BCUT2D eigenvalue weighted by Gasteiger charge is -2.33. The highest BCUT2D eigenvalue weighted by molar-refractivity contribution is 7.15. The molecule has 1 unspecified atom stereocenters. The van der Waals surface area contributed by atoms with Crippen molar-refractivity contribution in [1.82, 2.24) is 4.98 Å². The number of carbonyl (C=O) groups excluding carboxylic acids is 2. The average Bonchev–Trinajstić information content (AvgIpc) is 2.94. The maximum Gasteiger partial charge on any atom is 0.257 e. The van der Waals surface area contributed by atoms with Crippen LogP contribution in [0.25, 0.3) is 0 Å². The fraction of sp³-hybridized carbons (Fsp3) is 0.450. The van der Waals surface area contributed by atoms with Crippen molar-refractivity contribution in [3.05, 3.63) is 40.4 Å². The van der Waals surface area contributed by atoms with Crippen molar-refractivity contribution in [2.24, 2.45) is 11.3 Å². The van der Waals surface area contributed by atoms with Gasteiger partial charge in [-0.05, 0) is 48.8 Å². The number of hydrogen-bond donors (Lipinski definition) is 2. The summed E-state index contributed by atoms with van der Waals surface area (Å²) in [6, 6.07) is 6.90. The molecule has 0 radical (unpaired) electrons. The van der Waals surface area contributed by atoms with Crippen LogP contribution < -0.4 is 10.6 Å². The molecular weight excluding hydrogens is 346 g/mol. The fourth-order valence-corrected chi connectivity index (χ4v) is 4.36. The number of thiazole rings is 1. The van der Waals surface area contributed by atoms with Crippen LogP contribution in [0.2, 0.25) is 0 Å². The molecule has 3 rings (SSSR count). The maximum absolute atomic E-state index is 12.5. The molecule has 26 heavy (non-hydrogen) atoms. The van der Waals surface area contributed by atoms with Gasteiger partial charge in [0.15, 0.2) is 5.13 Å². The summed E-state index contributed by atoms with van der Waals surface area (Å²) in [4.78, 5) is 29.6. The minimum Gasteiger partial charge on any atom is -0.326 e. The summed E-state index contributed by atoms with van der Waals surface area (Å²) < 4.78 is 0. The van der Waals surface area contributed by atoms with Crippen molar-refractivity contribution in [2.75, 3.05) is 10.6 Å². The van der Waals surface area contributed by atoms with Crippen LogP contribution in [0.3, 0.4) is 0 Å². The van der Waals surface area contributed by atoms with Gasteiger partial charge in [0.1, 0.15) is 0 Å². The highest BCUT2D eigenvalue weighted by atomic mass is 32.1. The Bertz CT molecular complexity index is 836. The van der Waals surface area contributed by atoms with Crippen LogP contribution in [0.4, 0.5) is 10.8 Å². The zero-order valence-electron chi connectivity index (χ0n) is 15.7. The first kappa shape index (κ1) is 18.6. The Morgan fingerprint density at radius 3 is 2.69 bits per heavy atom. The number of nitrogens with one attached hydrogen (secondary N) is 2. The largest absolute Gasteiger partial charge is 0.326 e. The van der Waals surface area contributed by atoms with E-state index in [1.54, 1.807) is 35.6 Å². The highest BCUT2D eigenvalue weighted by Crippen LogP contribution is 2.40. The minimum absolute atomic E-state index is 0.163. The Kier molecular flexibility index (Phi) is 5.14. The van der Waals surface area contributed by atoms with E-state index >= 15 is 0 Å². The van der Waals surface area contributed by atoms with E-state index in [1.807, 2.05) is 0 Å². The molecule has 0 bridgehead atoms. The van der Waals surface area contributed by atoms with Gasteiger partial charge in [-0.1, -0.05) is 26.8 Å². The molecule has 1 aliphatic carbocycles. The SMILES string of the molecule is CC(=O)Nc1cccc(C(=O)Nc2nc3c(s2)CC(C(C)(C)C)CC3)c1. The Labute approximate surface area is 158 Å². The topological polar surface area (TPSA) is 71.1 Å². The molecule has 0 spiro atoms. The number of amides is 2. The van der Waals surface area contributed by atoms with Gasteiger partial charge in [-0.3, -0.25) is 14.9 Å². The molecule has 0 saturated carbocycles. The highest BCUT2D eigenvalue weighted by Gasteiger charge is 2.30. The molecule has 1 atom stereocenters. The molecule has 138 valence electrons. The molecule has 1 heterocycles. The third-order valence-corrected chi connectivity index (χ3v) is 5.87. The number of anilines is 2. The lowest BCUT2D eigenvalue weighted by molar-refractivity contribution is -0.114. The standard InChI is InChI=1S/C20H25N3O2S/c1-12(24)21-15-7-5-6-13(10-15)18(25)23-19-22-16-9-8-14(20(2,3)4)11-17(16)26-19/h5-7,10,14H,8-9,11H2,1-4H3,(H,21,24)(H,22,23,25). The molecular formula is C20H25N3O2S. The van der Waals surface area contributed by atoms with E-state index in [1.165, 1.54) is 11.8 Å². The number of benzene rings is 1. The Morgan fingerprint density at radius 2 is 2.00 bits per heavy atom. The van der Waals surface area contributed by atoms with E-state index < -0.39 is 0 Å². The van der Waals surface area contributed by atoms with Gasteiger partial charge in [-0.15, -0.1) is 11.3 Å². The zero-order chi connectivity index (χ0) is 18.9. The Balaban J connectivity index is 1.72. The first-order valence-corrected chi connectivity index (χ1v) is 9.71. The second kappa shape index (κ2) is 7.19. The summed E-state index contributed by atoms with van der Waals surface area (Å²) in [5.41, 5.74) is 2.52. The summed E-state index contributed by atoms with van der Waals surface area (Å²) in [6.45, 7) is 8.30. The Hall–Kier alpha value is -2.21. The molecule has 2 aromatic rings. The van der Waals surface area contributed by atoms with Gasteiger partial charge < -0.3 is 5.32 Å². The molecule has 5 nitrogen and oxygen atoms in total.